The Bertz CT molecular complexity index is 585. The van der Waals surface area contributed by atoms with Gasteiger partial charge in [-0.05, 0) is 25.1 Å². The van der Waals surface area contributed by atoms with E-state index in [1.807, 2.05) is 0 Å². The zero-order chi connectivity index (χ0) is 13.8. The van der Waals surface area contributed by atoms with Crippen LogP contribution >= 0.6 is 0 Å². The number of aromatic nitrogens is 1. The molecule has 0 spiro atoms. The number of Topliss-reactive ketones (excluding diaryl/α,β-unsaturated/α-hetero) is 1. The lowest BCUT2D eigenvalue weighted by Crippen LogP contribution is -2.03. The third-order valence-corrected chi connectivity index (χ3v) is 2.54. The van der Waals surface area contributed by atoms with Gasteiger partial charge in [-0.2, -0.15) is 0 Å². The molecule has 0 aliphatic carbocycles. The van der Waals surface area contributed by atoms with E-state index in [1.165, 1.54) is 25.3 Å². The molecule has 0 atom stereocenters. The predicted octanol–water partition coefficient (Wildman–Crippen LogP) is 2.94. The average Bonchev–Trinajstić information content (AvgIpc) is 2.39. The van der Waals surface area contributed by atoms with Gasteiger partial charge in [0.1, 0.15) is 0 Å². The maximum atomic E-state index is 11.5. The summed E-state index contributed by atoms with van der Waals surface area (Å²) < 4.78 is 0. The van der Waals surface area contributed by atoms with Gasteiger partial charge in [-0.1, -0.05) is 12.1 Å². The molecule has 0 amide bonds. The number of pyridine rings is 1. The highest BCUT2D eigenvalue weighted by molar-refractivity contribution is 6.00. The van der Waals surface area contributed by atoms with Crippen molar-refractivity contribution in [2.45, 2.75) is 6.92 Å². The lowest BCUT2D eigenvalue weighted by atomic mass is 10.1. The maximum absolute atomic E-state index is 11.5. The summed E-state index contributed by atoms with van der Waals surface area (Å²) in [4.78, 5) is 25.8. The predicted molar refractivity (Wildman–Crippen MR) is 70.6 cm³/mol. The molecule has 2 aromatic rings. The molecule has 6 heteroatoms. The Hall–Kier alpha value is -2.76. The Morgan fingerprint density at radius 1 is 1.26 bits per heavy atom. The molecule has 0 bridgehead atoms. The number of nitrogens with zero attached hydrogens (tertiary/aromatic N) is 2. The number of carbonyl (C=O) groups is 1. The lowest BCUT2D eigenvalue weighted by Gasteiger charge is -2.09. The fourth-order valence-corrected chi connectivity index (χ4v) is 1.67. The van der Waals surface area contributed by atoms with Crippen LogP contribution in [0.5, 0.6) is 0 Å². The first-order valence-electron chi connectivity index (χ1n) is 5.56. The molecule has 0 saturated heterocycles. The van der Waals surface area contributed by atoms with Crippen LogP contribution in [0.3, 0.4) is 0 Å². The van der Waals surface area contributed by atoms with Crippen LogP contribution < -0.4 is 5.32 Å². The highest BCUT2D eigenvalue weighted by atomic mass is 16.6. The largest absolute Gasteiger partial charge is 0.334 e. The van der Waals surface area contributed by atoms with Crippen molar-refractivity contribution in [2.75, 3.05) is 5.32 Å². The average molecular weight is 257 g/mol. The van der Waals surface area contributed by atoms with Gasteiger partial charge >= 0.3 is 5.69 Å². The van der Waals surface area contributed by atoms with E-state index in [9.17, 15) is 14.9 Å². The van der Waals surface area contributed by atoms with Crippen molar-refractivity contribution in [3.63, 3.8) is 0 Å². The first kappa shape index (κ1) is 12.7. The first-order chi connectivity index (χ1) is 9.09. The normalized spacial score (nSPS) is 9.95. The molecule has 1 N–H and O–H groups in total. The van der Waals surface area contributed by atoms with E-state index >= 15 is 0 Å². The van der Waals surface area contributed by atoms with Crippen molar-refractivity contribution >= 4 is 23.0 Å². The Morgan fingerprint density at radius 2 is 2.00 bits per heavy atom. The van der Waals surface area contributed by atoms with Crippen LogP contribution in [0, 0.1) is 10.1 Å². The zero-order valence-corrected chi connectivity index (χ0v) is 10.2. The van der Waals surface area contributed by atoms with Crippen LogP contribution in [0.25, 0.3) is 0 Å². The first-order valence-corrected chi connectivity index (χ1v) is 5.56. The standard InChI is InChI=1S/C13H11N3O3/c1-9(17)10-5-2-3-6-11(10)15-13-12(16(18)19)7-4-8-14-13/h2-8H,1H3,(H,14,15). The summed E-state index contributed by atoms with van der Waals surface area (Å²) in [6.45, 7) is 1.44. The minimum Gasteiger partial charge on any atom is -0.334 e. The van der Waals surface area contributed by atoms with Crippen molar-refractivity contribution in [1.82, 2.24) is 4.98 Å². The summed E-state index contributed by atoms with van der Waals surface area (Å²) in [6, 6.07) is 9.64. The second kappa shape index (κ2) is 5.26. The molecular formula is C13H11N3O3. The molecular weight excluding hydrogens is 246 g/mol. The summed E-state index contributed by atoms with van der Waals surface area (Å²) in [5.74, 6) is -0.0112. The Morgan fingerprint density at radius 3 is 2.68 bits per heavy atom. The third kappa shape index (κ3) is 2.74. The van der Waals surface area contributed by atoms with Gasteiger partial charge in [-0.15, -0.1) is 0 Å². The van der Waals surface area contributed by atoms with Gasteiger partial charge in [0.25, 0.3) is 0 Å². The molecule has 2 rings (SSSR count). The van der Waals surface area contributed by atoms with Crippen LogP contribution in [0.15, 0.2) is 42.6 Å². The topological polar surface area (TPSA) is 85.1 Å². The Balaban J connectivity index is 2.42. The van der Waals surface area contributed by atoms with Gasteiger partial charge in [0.15, 0.2) is 5.78 Å². The molecule has 0 radical (unpaired) electrons. The maximum Gasteiger partial charge on any atom is 0.311 e. The lowest BCUT2D eigenvalue weighted by molar-refractivity contribution is -0.384. The summed E-state index contributed by atoms with van der Waals surface area (Å²) in [7, 11) is 0. The number of ketones is 1. The van der Waals surface area contributed by atoms with E-state index in [0.717, 1.165) is 0 Å². The third-order valence-electron chi connectivity index (χ3n) is 2.54. The van der Waals surface area contributed by atoms with Gasteiger partial charge in [-0.25, -0.2) is 4.98 Å². The fourth-order valence-electron chi connectivity index (χ4n) is 1.67. The van der Waals surface area contributed by atoms with Crippen LogP contribution in [0.4, 0.5) is 17.2 Å². The Labute approximate surface area is 109 Å². The SMILES string of the molecule is CC(=O)c1ccccc1Nc1ncccc1[N+](=O)[O-]. The molecule has 0 aliphatic rings. The quantitative estimate of drug-likeness (QED) is 0.517. The van der Waals surface area contributed by atoms with Crippen LogP contribution in [-0.4, -0.2) is 15.7 Å². The number of nitro groups is 1. The molecule has 0 fully saturated rings. The molecule has 6 nitrogen and oxygen atoms in total. The molecule has 19 heavy (non-hydrogen) atoms. The molecule has 0 saturated carbocycles. The van der Waals surface area contributed by atoms with Gasteiger partial charge in [-0.3, -0.25) is 14.9 Å². The van der Waals surface area contributed by atoms with Crippen molar-refractivity contribution in [3.05, 3.63) is 58.3 Å². The molecule has 96 valence electrons. The van der Waals surface area contributed by atoms with Gasteiger partial charge in [0.2, 0.25) is 5.82 Å². The summed E-state index contributed by atoms with van der Waals surface area (Å²) >= 11 is 0. The number of rotatable bonds is 4. The summed E-state index contributed by atoms with van der Waals surface area (Å²) in [5.41, 5.74) is 0.820. The van der Waals surface area contributed by atoms with Crippen molar-refractivity contribution in [2.24, 2.45) is 0 Å². The molecule has 1 aromatic heterocycles. The number of hydrogen-bond donors (Lipinski definition) is 1. The fraction of sp³-hybridized carbons (Fsp3) is 0.0769. The minimum atomic E-state index is -0.522. The van der Waals surface area contributed by atoms with E-state index < -0.39 is 4.92 Å². The smallest absolute Gasteiger partial charge is 0.311 e. The molecule has 1 heterocycles. The number of para-hydroxylation sites is 1. The van der Waals surface area contributed by atoms with Gasteiger partial charge in [0.05, 0.1) is 10.6 Å². The molecule has 0 aliphatic heterocycles. The van der Waals surface area contributed by atoms with Gasteiger partial charge in [0, 0.05) is 17.8 Å². The van der Waals surface area contributed by atoms with E-state index in [4.69, 9.17) is 0 Å². The van der Waals surface area contributed by atoms with Crippen LogP contribution in [0.2, 0.25) is 0 Å². The number of hydrogen-bond acceptors (Lipinski definition) is 5. The van der Waals surface area contributed by atoms with E-state index in [0.29, 0.717) is 11.3 Å². The number of benzene rings is 1. The summed E-state index contributed by atoms with van der Waals surface area (Å²) in [5, 5.41) is 13.7. The van der Waals surface area contributed by atoms with Crippen molar-refractivity contribution in [1.29, 1.82) is 0 Å². The van der Waals surface area contributed by atoms with E-state index in [1.54, 1.807) is 24.3 Å². The van der Waals surface area contributed by atoms with Crippen LogP contribution in [0.1, 0.15) is 17.3 Å². The summed E-state index contributed by atoms with van der Waals surface area (Å²) in [6.07, 6.45) is 1.45. The minimum absolute atomic E-state index is 0.112. The van der Waals surface area contributed by atoms with E-state index in [-0.39, 0.29) is 17.3 Å². The zero-order valence-electron chi connectivity index (χ0n) is 10.2. The van der Waals surface area contributed by atoms with Crippen molar-refractivity contribution in [3.8, 4) is 0 Å². The molecule has 1 aromatic carbocycles. The van der Waals surface area contributed by atoms with Crippen molar-refractivity contribution < 1.29 is 9.72 Å². The highest BCUT2D eigenvalue weighted by Crippen LogP contribution is 2.26. The number of nitrogens with one attached hydrogen (secondary N) is 1. The number of carbonyl (C=O) groups excluding carboxylic acids is 1. The number of anilines is 2. The monoisotopic (exact) mass is 257 g/mol. The Kier molecular flexibility index (Phi) is 3.51. The highest BCUT2D eigenvalue weighted by Gasteiger charge is 2.16. The second-order valence-corrected chi connectivity index (χ2v) is 3.86. The van der Waals surface area contributed by atoms with E-state index in [2.05, 4.69) is 10.3 Å². The second-order valence-electron chi connectivity index (χ2n) is 3.86. The molecule has 0 unspecified atom stereocenters. The van der Waals surface area contributed by atoms with Crippen LogP contribution in [-0.2, 0) is 0 Å². The van der Waals surface area contributed by atoms with Gasteiger partial charge < -0.3 is 5.32 Å².